The average Bonchev–Trinajstić information content (AvgIpc) is 3.23. The molecule has 23 heavy (non-hydrogen) atoms. The molecule has 0 atom stereocenters. The van der Waals surface area contributed by atoms with E-state index in [2.05, 4.69) is 24.0 Å². The molecule has 6 heteroatoms. The lowest BCUT2D eigenvalue weighted by Gasteiger charge is -2.05. The minimum atomic E-state index is 0.0306. The zero-order valence-corrected chi connectivity index (χ0v) is 13.7. The molecule has 0 aliphatic rings. The second kappa shape index (κ2) is 6.83. The van der Waals surface area contributed by atoms with Gasteiger partial charge >= 0.3 is 0 Å². The molecule has 118 valence electrons. The summed E-state index contributed by atoms with van der Waals surface area (Å²) in [5.41, 5.74) is 1.90. The maximum Gasteiger partial charge on any atom is 0.284 e. The minimum Gasteiger partial charge on any atom is -0.459 e. The first-order chi connectivity index (χ1) is 11.1. The molecule has 0 aliphatic carbocycles. The van der Waals surface area contributed by atoms with Gasteiger partial charge in [0.15, 0.2) is 11.5 Å². The predicted molar refractivity (Wildman–Crippen MR) is 87.6 cm³/mol. The highest BCUT2D eigenvalue weighted by Gasteiger charge is 2.14. The second-order valence-electron chi connectivity index (χ2n) is 5.34. The number of carbonyl (C=O) groups excluding carboxylic acids is 1. The topological polar surface area (TPSA) is 69.1 Å². The Hall–Kier alpha value is -2.34. The maximum absolute atomic E-state index is 12.2. The molecule has 0 saturated heterocycles. The fourth-order valence-electron chi connectivity index (χ4n) is 2.03. The third kappa shape index (κ3) is 3.71. The fraction of sp³-hybridized carbons (Fsp3) is 0.235. The summed E-state index contributed by atoms with van der Waals surface area (Å²) in [6.07, 6.45) is 1.54. The van der Waals surface area contributed by atoms with E-state index in [0.717, 1.165) is 0 Å². The number of aromatic nitrogens is 2. The standard InChI is InChI=1S/C17H16N2O3S/c1-11(2)12-5-7-13(8-6-12)14(20)10-23-17-19-18-16(22-17)15-4-3-9-21-15/h3-9,11H,10H2,1-2H3. The molecule has 2 aromatic heterocycles. The third-order valence-corrected chi connectivity index (χ3v) is 4.18. The Morgan fingerprint density at radius 1 is 1.17 bits per heavy atom. The number of benzene rings is 1. The lowest BCUT2D eigenvalue weighted by atomic mass is 10.0. The van der Waals surface area contributed by atoms with E-state index >= 15 is 0 Å². The van der Waals surface area contributed by atoms with Gasteiger partial charge in [0.1, 0.15) is 0 Å². The van der Waals surface area contributed by atoms with Gasteiger partial charge in [0.2, 0.25) is 0 Å². The predicted octanol–water partition coefficient (Wildman–Crippen LogP) is 4.43. The van der Waals surface area contributed by atoms with Crippen molar-refractivity contribution in [2.45, 2.75) is 25.0 Å². The number of hydrogen-bond donors (Lipinski definition) is 0. The number of ketones is 1. The smallest absolute Gasteiger partial charge is 0.284 e. The van der Waals surface area contributed by atoms with Crippen molar-refractivity contribution in [3.8, 4) is 11.7 Å². The van der Waals surface area contributed by atoms with Crippen molar-refractivity contribution < 1.29 is 13.6 Å². The van der Waals surface area contributed by atoms with Crippen molar-refractivity contribution in [3.05, 3.63) is 53.8 Å². The van der Waals surface area contributed by atoms with Gasteiger partial charge in [0.25, 0.3) is 11.1 Å². The highest BCUT2D eigenvalue weighted by Crippen LogP contribution is 2.24. The Balaban J connectivity index is 1.60. The highest BCUT2D eigenvalue weighted by atomic mass is 32.2. The van der Waals surface area contributed by atoms with E-state index in [1.165, 1.54) is 23.6 Å². The summed E-state index contributed by atoms with van der Waals surface area (Å²) in [5, 5.41) is 8.16. The van der Waals surface area contributed by atoms with Crippen LogP contribution in [0, 0.1) is 0 Å². The molecule has 0 saturated carbocycles. The Morgan fingerprint density at radius 2 is 1.96 bits per heavy atom. The highest BCUT2D eigenvalue weighted by molar-refractivity contribution is 7.99. The van der Waals surface area contributed by atoms with Crippen LogP contribution in [0.4, 0.5) is 0 Å². The molecule has 0 amide bonds. The number of thioether (sulfide) groups is 1. The lowest BCUT2D eigenvalue weighted by Crippen LogP contribution is -2.02. The zero-order valence-electron chi connectivity index (χ0n) is 12.9. The number of rotatable bonds is 6. The van der Waals surface area contributed by atoms with Gasteiger partial charge in [-0.1, -0.05) is 49.9 Å². The maximum atomic E-state index is 12.2. The molecular formula is C17H16N2O3S. The van der Waals surface area contributed by atoms with E-state index in [9.17, 15) is 4.79 Å². The molecule has 1 aromatic carbocycles. The molecule has 3 rings (SSSR count). The van der Waals surface area contributed by atoms with Crippen molar-refractivity contribution in [3.63, 3.8) is 0 Å². The van der Waals surface area contributed by atoms with Crippen LogP contribution in [-0.2, 0) is 0 Å². The van der Waals surface area contributed by atoms with Crippen LogP contribution in [0.25, 0.3) is 11.7 Å². The van der Waals surface area contributed by atoms with Crippen LogP contribution < -0.4 is 0 Å². The van der Waals surface area contributed by atoms with Gasteiger partial charge in [-0.25, -0.2) is 0 Å². The molecule has 2 heterocycles. The van der Waals surface area contributed by atoms with Crippen LogP contribution in [-0.4, -0.2) is 21.7 Å². The Labute approximate surface area is 138 Å². The molecule has 0 unspecified atom stereocenters. The third-order valence-electron chi connectivity index (χ3n) is 3.36. The van der Waals surface area contributed by atoms with Crippen LogP contribution in [0.15, 0.2) is 56.7 Å². The van der Waals surface area contributed by atoms with Crippen molar-refractivity contribution in [2.75, 3.05) is 5.75 Å². The van der Waals surface area contributed by atoms with E-state index in [1.54, 1.807) is 12.1 Å². The summed E-state index contributed by atoms with van der Waals surface area (Å²) in [5.74, 6) is 1.56. The molecule has 0 radical (unpaired) electrons. The van der Waals surface area contributed by atoms with Gasteiger partial charge in [0.05, 0.1) is 12.0 Å². The van der Waals surface area contributed by atoms with Gasteiger partial charge in [-0.2, -0.15) is 0 Å². The number of furan rings is 1. The summed E-state index contributed by atoms with van der Waals surface area (Å²) in [6.45, 7) is 4.25. The van der Waals surface area contributed by atoms with Crippen LogP contribution in [0.5, 0.6) is 0 Å². The van der Waals surface area contributed by atoms with Crippen LogP contribution in [0.1, 0.15) is 35.7 Å². The van der Waals surface area contributed by atoms with Gasteiger partial charge in [-0.05, 0) is 23.6 Å². The van der Waals surface area contributed by atoms with Crippen LogP contribution in [0.2, 0.25) is 0 Å². The summed E-state index contributed by atoms with van der Waals surface area (Å²) >= 11 is 1.22. The van der Waals surface area contributed by atoms with Crippen molar-refractivity contribution in [1.82, 2.24) is 10.2 Å². The molecular weight excluding hydrogens is 312 g/mol. The Morgan fingerprint density at radius 3 is 2.61 bits per heavy atom. The lowest BCUT2D eigenvalue weighted by molar-refractivity contribution is 0.102. The molecule has 0 spiro atoms. The van der Waals surface area contributed by atoms with E-state index in [0.29, 0.717) is 28.4 Å². The molecule has 0 N–H and O–H groups in total. The van der Waals surface area contributed by atoms with Crippen LogP contribution in [0.3, 0.4) is 0 Å². The summed E-state index contributed by atoms with van der Waals surface area (Å²) in [4.78, 5) is 12.2. The zero-order chi connectivity index (χ0) is 16.2. The first-order valence-corrected chi connectivity index (χ1v) is 8.25. The van der Waals surface area contributed by atoms with Gasteiger partial charge < -0.3 is 8.83 Å². The monoisotopic (exact) mass is 328 g/mol. The molecule has 3 aromatic rings. The van der Waals surface area contributed by atoms with E-state index in [1.807, 2.05) is 24.3 Å². The molecule has 0 fully saturated rings. The Kier molecular flexibility index (Phi) is 4.62. The SMILES string of the molecule is CC(C)c1ccc(C(=O)CSc2nnc(-c3ccco3)o2)cc1. The van der Waals surface area contributed by atoms with Crippen LogP contribution >= 0.6 is 11.8 Å². The number of carbonyl (C=O) groups is 1. The van der Waals surface area contributed by atoms with E-state index in [4.69, 9.17) is 8.83 Å². The second-order valence-corrected chi connectivity index (χ2v) is 6.27. The first-order valence-electron chi connectivity index (χ1n) is 7.27. The van der Waals surface area contributed by atoms with Gasteiger partial charge in [-0.15, -0.1) is 10.2 Å². The fourth-order valence-corrected chi connectivity index (χ4v) is 2.69. The van der Waals surface area contributed by atoms with Crippen molar-refractivity contribution in [2.24, 2.45) is 0 Å². The minimum absolute atomic E-state index is 0.0306. The summed E-state index contributed by atoms with van der Waals surface area (Å²) < 4.78 is 10.6. The summed E-state index contributed by atoms with van der Waals surface area (Å²) in [6, 6.07) is 11.2. The van der Waals surface area contributed by atoms with E-state index < -0.39 is 0 Å². The molecule has 0 aliphatic heterocycles. The number of hydrogen-bond acceptors (Lipinski definition) is 6. The number of nitrogens with zero attached hydrogens (tertiary/aromatic N) is 2. The largest absolute Gasteiger partial charge is 0.459 e. The summed E-state index contributed by atoms with van der Waals surface area (Å²) in [7, 11) is 0. The molecule has 0 bridgehead atoms. The normalized spacial score (nSPS) is 11.1. The van der Waals surface area contributed by atoms with Gasteiger partial charge in [0, 0.05) is 5.56 Å². The average molecular weight is 328 g/mol. The van der Waals surface area contributed by atoms with E-state index in [-0.39, 0.29) is 11.5 Å². The molecule has 5 nitrogen and oxygen atoms in total. The first kappa shape index (κ1) is 15.6. The Bertz CT molecular complexity index is 777. The van der Waals surface area contributed by atoms with Crippen molar-refractivity contribution >= 4 is 17.5 Å². The number of Topliss-reactive ketones (excluding diaryl/α,β-unsaturated/α-hetero) is 1. The van der Waals surface area contributed by atoms with Crippen molar-refractivity contribution in [1.29, 1.82) is 0 Å². The van der Waals surface area contributed by atoms with Gasteiger partial charge in [-0.3, -0.25) is 4.79 Å². The quantitative estimate of drug-likeness (QED) is 0.492.